The van der Waals surface area contributed by atoms with Crippen molar-refractivity contribution in [2.75, 3.05) is 6.26 Å². The lowest BCUT2D eigenvalue weighted by Gasteiger charge is -1.93. The fourth-order valence-electron chi connectivity index (χ4n) is 0.400. The summed E-state index contributed by atoms with van der Waals surface area (Å²) in [5, 5.41) is 3.23. The van der Waals surface area contributed by atoms with Crippen LogP contribution in [-0.2, 0) is 10.1 Å². The van der Waals surface area contributed by atoms with Gasteiger partial charge >= 0.3 is 10.1 Å². The van der Waals surface area contributed by atoms with Crippen LogP contribution in [0.15, 0.2) is 16.9 Å². The summed E-state index contributed by atoms with van der Waals surface area (Å²) >= 11 is 0. The van der Waals surface area contributed by atoms with Gasteiger partial charge in [-0.15, -0.1) is 0 Å². The Balaban J connectivity index is 2.75. The van der Waals surface area contributed by atoms with Crippen molar-refractivity contribution in [3.05, 3.63) is 12.3 Å². The molecule has 1 aromatic heterocycles. The molecular weight excluding hydrogens is 158 g/mol. The summed E-state index contributed by atoms with van der Waals surface area (Å²) in [6, 6.07) is 1.31. The quantitative estimate of drug-likeness (QED) is 0.574. The fourth-order valence-corrected chi connectivity index (χ4v) is 0.796. The summed E-state index contributed by atoms with van der Waals surface area (Å²) in [5.41, 5.74) is 0. The molecule has 0 saturated heterocycles. The maximum Gasteiger partial charge on any atom is 0.307 e. The van der Waals surface area contributed by atoms with Crippen LogP contribution < -0.4 is 4.18 Å². The molecule has 0 unspecified atom stereocenters. The summed E-state index contributed by atoms with van der Waals surface area (Å²) in [6.07, 6.45) is 2.15. The van der Waals surface area contributed by atoms with E-state index in [1.807, 2.05) is 0 Å². The molecule has 0 radical (unpaired) electrons. The molecule has 0 atom stereocenters. The molecule has 0 N–H and O–H groups in total. The van der Waals surface area contributed by atoms with Crippen LogP contribution >= 0.6 is 0 Å². The van der Waals surface area contributed by atoms with Gasteiger partial charge in [-0.1, -0.05) is 0 Å². The van der Waals surface area contributed by atoms with Crippen LogP contribution in [0.3, 0.4) is 0 Å². The number of nitrogens with zero attached hydrogens (tertiary/aromatic N) is 1. The highest BCUT2D eigenvalue weighted by Gasteiger charge is 2.05. The summed E-state index contributed by atoms with van der Waals surface area (Å²) in [5.74, 6) is -0.0532. The maximum atomic E-state index is 10.4. The Bertz CT molecular complexity index is 287. The van der Waals surface area contributed by atoms with Crippen molar-refractivity contribution in [2.24, 2.45) is 0 Å². The van der Waals surface area contributed by atoms with Crippen LogP contribution in [0, 0.1) is 0 Å². The third-order valence-corrected chi connectivity index (χ3v) is 1.12. The lowest BCUT2D eigenvalue weighted by molar-refractivity contribution is 0.384. The second kappa shape index (κ2) is 2.30. The van der Waals surface area contributed by atoms with E-state index < -0.39 is 10.1 Å². The molecule has 0 aromatic carbocycles. The summed E-state index contributed by atoms with van der Waals surface area (Å²) in [4.78, 5) is 0. The molecule has 0 aliphatic rings. The lowest BCUT2D eigenvalue weighted by Crippen LogP contribution is -2.05. The third-order valence-electron chi connectivity index (χ3n) is 0.651. The van der Waals surface area contributed by atoms with Gasteiger partial charge in [0.1, 0.15) is 6.26 Å². The normalized spacial score (nSPS) is 11.3. The Morgan fingerprint density at radius 1 is 1.70 bits per heavy atom. The van der Waals surface area contributed by atoms with E-state index in [0.29, 0.717) is 0 Å². The Morgan fingerprint density at radius 3 is 2.80 bits per heavy atom. The molecule has 1 rings (SSSR count). The van der Waals surface area contributed by atoms with Gasteiger partial charge in [-0.25, -0.2) is 0 Å². The molecule has 0 aliphatic carbocycles. The van der Waals surface area contributed by atoms with E-state index >= 15 is 0 Å². The van der Waals surface area contributed by atoms with Crippen molar-refractivity contribution in [2.45, 2.75) is 0 Å². The number of aromatic nitrogens is 1. The van der Waals surface area contributed by atoms with E-state index in [9.17, 15) is 8.42 Å². The van der Waals surface area contributed by atoms with Crippen LogP contribution in [0.5, 0.6) is 5.88 Å². The predicted molar refractivity (Wildman–Crippen MR) is 32.0 cm³/mol. The largest absolute Gasteiger partial charge is 0.361 e. The Morgan fingerprint density at radius 2 is 2.40 bits per heavy atom. The van der Waals surface area contributed by atoms with E-state index in [2.05, 4.69) is 13.9 Å². The highest BCUT2D eigenvalue weighted by atomic mass is 32.2. The van der Waals surface area contributed by atoms with Crippen LogP contribution in [-0.4, -0.2) is 19.8 Å². The van der Waals surface area contributed by atoms with Crippen molar-refractivity contribution in [1.29, 1.82) is 0 Å². The van der Waals surface area contributed by atoms with Crippen molar-refractivity contribution >= 4 is 10.1 Å². The second-order valence-electron chi connectivity index (χ2n) is 1.63. The zero-order chi connectivity index (χ0) is 7.61. The Kier molecular flexibility index (Phi) is 1.62. The first-order valence-electron chi connectivity index (χ1n) is 2.38. The summed E-state index contributed by atoms with van der Waals surface area (Å²) < 4.78 is 29.4. The van der Waals surface area contributed by atoms with Gasteiger partial charge < -0.3 is 8.71 Å². The van der Waals surface area contributed by atoms with E-state index in [1.165, 1.54) is 12.3 Å². The maximum absolute atomic E-state index is 10.4. The van der Waals surface area contributed by atoms with Gasteiger partial charge in [-0.05, 0) is 5.16 Å². The van der Waals surface area contributed by atoms with Crippen molar-refractivity contribution in [3.8, 4) is 5.88 Å². The van der Waals surface area contributed by atoms with E-state index in [4.69, 9.17) is 0 Å². The molecule has 0 aliphatic heterocycles. The molecule has 1 heterocycles. The average Bonchev–Trinajstić information content (AvgIpc) is 2.12. The van der Waals surface area contributed by atoms with Gasteiger partial charge in [0, 0.05) is 6.07 Å². The zero-order valence-electron chi connectivity index (χ0n) is 5.14. The standard InChI is InChI=1S/C4H5NO4S/c1-10(6,7)9-4-2-3-8-5-4/h2-3H,1H3. The first kappa shape index (κ1) is 7.07. The molecule has 0 bridgehead atoms. The van der Waals surface area contributed by atoms with E-state index in [-0.39, 0.29) is 5.88 Å². The summed E-state index contributed by atoms with van der Waals surface area (Å²) in [7, 11) is -3.47. The van der Waals surface area contributed by atoms with Crippen molar-refractivity contribution < 1.29 is 17.1 Å². The minimum absolute atomic E-state index is 0.0532. The molecule has 0 amide bonds. The molecule has 0 spiro atoms. The smallest absolute Gasteiger partial charge is 0.307 e. The van der Waals surface area contributed by atoms with E-state index in [1.54, 1.807) is 0 Å². The Hall–Kier alpha value is -1.04. The van der Waals surface area contributed by atoms with Crippen LogP contribution in [0.2, 0.25) is 0 Å². The van der Waals surface area contributed by atoms with Crippen LogP contribution in [0.1, 0.15) is 0 Å². The van der Waals surface area contributed by atoms with Crippen molar-refractivity contribution in [1.82, 2.24) is 5.16 Å². The monoisotopic (exact) mass is 163 g/mol. The molecule has 56 valence electrons. The molecule has 5 nitrogen and oxygen atoms in total. The lowest BCUT2D eigenvalue weighted by atomic mass is 10.7. The molecule has 0 fully saturated rings. The van der Waals surface area contributed by atoms with Gasteiger partial charge in [-0.2, -0.15) is 8.42 Å². The molecular formula is C4H5NO4S. The minimum atomic E-state index is -3.47. The van der Waals surface area contributed by atoms with Gasteiger partial charge in [0.05, 0.1) is 6.26 Å². The average molecular weight is 163 g/mol. The molecule has 1 aromatic rings. The topological polar surface area (TPSA) is 69.4 Å². The fraction of sp³-hybridized carbons (Fsp3) is 0.250. The zero-order valence-corrected chi connectivity index (χ0v) is 5.96. The summed E-state index contributed by atoms with van der Waals surface area (Å²) in [6.45, 7) is 0. The third kappa shape index (κ3) is 2.06. The first-order chi connectivity index (χ1) is 4.58. The SMILES string of the molecule is CS(=O)(=O)Oc1ccon1. The van der Waals surface area contributed by atoms with E-state index in [0.717, 1.165) is 6.26 Å². The first-order valence-corrected chi connectivity index (χ1v) is 4.19. The molecule has 6 heteroatoms. The number of hydrogen-bond donors (Lipinski definition) is 0. The predicted octanol–water partition coefficient (Wildman–Crippen LogP) is 0.0130. The number of hydrogen-bond acceptors (Lipinski definition) is 5. The van der Waals surface area contributed by atoms with Gasteiger partial charge in [0.25, 0.3) is 5.88 Å². The van der Waals surface area contributed by atoms with Gasteiger partial charge in [0.15, 0.2) is 0 Å². The van der Waals surface area contributed by atoms with Crippen molar-refractivity contribution in [3.63, 3.8) is 0 Å². The highest BCUT2D eigenvalue weighted by Crippen LogP contribution is 2.06. The Labute approximate surface area is 57.7 Å². The van der Waals surface area contributed by atoms with Gasteiger partial charge in [-0.3, -0.25) is 0 Å². The number of rotatable bonds is 2. The van der Waals surface area contributed by atoms with Crippen LogP contribution in [0.4, 0.5) is 0 Å². The van der Waals surface area contributed by atoms with Gasteiger partial charge in [0.2, 0.25) is 0 Å². The molecule has 10 heavy (non-hydrogen) atoms. The molecule has 0 saturated carbocycles. The van der Waals surface area contributed by atoms with Crippen LogP contribution in [0.25, 0.3) is 0 Å². The minimum Gasteiger partial charge on any atom is -0.361 e. The second-order valence-corrected chi connectivity index (χ2v) is 3.20. The highest BCUT2D eigenvalue weighted by molar-refractivity contribution is 7.86.